The molecular weight excluding hydrogens is 526 g/mol. The lowest BCUT2D eigenvalue weighted by Crippen LogP contribution is -2.60. The molecule has 2 aromatic rings. The number of piperidine rings is 1. The van der Waals surface area contributed by atoms with Crippen LogP contribution in [0.3, 0.4) is 0 Å². The molecule has 2 fully saturated rings. The molecule has 3 aliphatic heterocycles. The molecule has 4 heterocycles. The summed E-state index contributed by atoms with van der Waals surface area (Å²) in [5, 5.41) is 20.5. The van der Waals surface area contributed by atoms with E-state index in [1.807, 2.05) is 13.8 Å². The highest BCUT2D eigenvalue weighted by Crippen LogP contribution is 2.37. The van der Waals surface area contributed by atoms with Gasteiger partial charge in [-0.15, -0.1) is 0 Å². The van der Waals surface area contributed by atoms with Gasteiger partial charge in [0, 0.05) is 56.7 Å². The van der Waals surface area contributed by atoms with E-state index in [2.05, 4.69) is 20.7 Å². The number of amides is 3. The molecule has 3 aliphatic rings. The zero-order valence-corrected chi connectivity index (χ0v) is 23.1. The molecule has 2 saturated heterocycles. The van der Waals surface area contributed by atoms with E-state index >= 15 is 0 Å². The molecule has 5 rings (SSSR count). The maximum atomic E-state index is 13.8. The van der Waals surface area contributed by atoms with Gasteiger partial charge in [0.1, 0.15) is 23.0 Å². The third-order valence-electron chi connectivity index (χ3n) is 7.68. The number of nitrogens with zero attached hydrogens (tertiary/aromatic N) is 5. The van der Waals surface area contributed by atoms with Crippen LogP contribution in [0, 0.1) is 0 Å². The second kappa shape index (κ2) is 10.4. The first-order valence-corrected chi connectivity index (χ1v) is 14.6. The van der Waals surface area contributed by atoms with Crippen LogP contribution in [-0.4, -0.2) is 99.4 Å². The third kappa shape index (κ3) is 5.32. The fraction of sp³-hybridized carbons (Fsp3) is 0.600. The van der Waals surface area contributed by atoms with Crippen LogP contribution in [0.2, 0.25) is 0 Å². The number of nitrogens with one attached hydrogen (secondary N) is 2. The highest BCUT2D eigenvalue weighted by molar-refractivity contribution is 7.89. The van der Waals surface area contributed by atoms with Crippen molar-refractivity contribution in [1.29, 1.82) is 0 Å². The van der Waals surface area contributed by atoms with Gasteiger partial charge in [0.15, 0.2) is 5.82 Å². The van der Waals surface area contributed by atoms with Crippen molar-refractivity contribution >= 4 is 22.0 Å². The number of aliphatic hydroxyl groups is 1. The zero-order chi connectivity index (χ0) is 27.9. The van der Waals surface area contributed by atoms with E-state index in [-0.39, 0.29) is 42.3 Å². The first-order valence-electron chi connectivity index (χ1n) is 13.2. The third-order valence-corrected chi connectivity index (χ3v) is 9.60. The molecule has 0 radical (unpaired) electrons. The van der Waals surface area contributed by atoms with Crippen molar-refractivity contribution in [3.63, 3.8) is 0 Å². The second-order valence-electron chi connectivity index (χ2n) is 10.8. The lowest BCUT2D eigenvalue weighted by molar-refractivity contribution is -0.127. The number of hydrogen-bond donors (Lipinski definition) is 3. The molecule has 3 amide bonds. The Kier molecular flexibility index (Phi) is 7.29. The summed E-state index contributed by atoms with van der Waals surface area (Å²) in [6.07, 6.45) is 1.83. The van der Waals surface area contributed by atoms with Crippen molar-refractivity contribution in [2.45, 2.75) is 68.2 Å². The molecular formula is C25H35N7O6S. The van der Waals surface area contributed by atoms with E-state index in [1.54, 1.807) is 28.8 Å². The van der Waals surface area contributed by atoms with Crippen molar-refractivity contribution in [2.75, 3.05) is 26.2 Å². The molecule has 0 unspecified atom stereocenters. The van der Waals surface area contributed by atoms with Gasteiger partial charge in [-0.1, -0.05) is 0 Å². The number of carbonyl (C=O) groups excluding carboxylic acids is 2. The fourth-order valence-corrected chi connectivity index (χ4v) is 7.31. The highest BCUT2D eigenvalue weighted by atomic mass is 32.2. The predicted molar refractivity (Wildman–Crippen MR) is 140 cm³/mol. The second-order valence-corrected chi connectivity index (χ2v) is 12.7. The molecule has 0 bridgehead atoms. The van der Waals surface area contributed by atoms with E-state index in [4.69, 9.17) is 4.74 Å². The van der Waals surface area contributed by atoms with Crippen LogP contribution < -0.4 is 15.4 Å². The largest absolute Gasteiger partial charge is 0.492 e. The number of likely N-dealkylation sites (tertiary alicyclic amines) is 1. The number of carbonyl (C=O) groups is 2. The van der Waals surface area contributed by atoms with Crippen molar-refractivity contribution in [3.8, 4) is 17.1 Å². The molecule has 14 heteroatoms. The van der Waals surface area contributed by atoms with Gasteiger partial charge in [0.05, 0.1) is 12.7 Å². The maximum Gasteiger partial charge on any atom is 0.317 e. The van der Waals surface area contributed by atoms with Gasteiger partial charge < -0.3 is 25.4 Å². The number of aromatic nitrogens is 3. The van der Waals surface area contributed by atoms with Crippen LogP contribution in [0.4, 0.5) is 4.79 Å². The Morgan fingerprint density at radius 2 is 2.00 bits per heavy atom. The molecule has 2 atom stereocenters. The summed E-state index contributed by atoms with van der Waals surface area (Å²) in [7, 11) is -2.45. The molecule has 1 spiro atoms. The summed E-state index contributed by atoms with van der Waals surface area (Å²) in [6, 6.07) is 3.50. The first kappa shape index (κ1) is 27.3. The summed E-state index contributed by atoms with van der Waals surface area (Å²) < 4.78 is 36.4. The summed E-state index contributed by atoms with van der Waals surface area (Å²) in [6.45, 7) is 4.61. The maximum absolute atomic E-state index is 13.8. The Balaban J connectivity index is 1.49. The highest BCUT2D eigenvalue weighted by Gasteiger charge is 2.47. The summed E-state index contributed by atoms with van der Waals surface area (Å²) in [5.41, 5.74) is -0.0642. The number of aliphatic hydroxyl groups excluding tert-OH is 1. The zero-order valence-electron chi connectivity index (χ0n) is 22.3. The van der Waals surface area contributed by atoms with Gasteiger partial charge >= 0.3 is 6.03 Å². The minimum atomic E-state index is -4.19. The molecule has 0 aliphatic carbocycles. The number of rotatable bonds is 2. The van der Waals surface area contributed by atoms with Crippen LogP contribution in [0.25, 0.3) is 11.4 Å². The molecule has 3 N–H and O–H groups in total. The van der Waals surface area contributed by atoms with Gasteiger partial charge in [-0.05, 0) is 44.9 Å². The number of ether oxygens (including phenoxy) is 1. The molecule has 39 heavy (non-hydrogen) atoms. The standard InChI is InChI=1S/C25H35N7O6S/c1-16(2)28-24(35)31-9-6-25(7-10-31)8-11-38-20-12-17(22-26-15-27-30(22)3)4-5-21(20)39(36,37)32-14-18(33)13-19(32)23(34)29-25/h4-5,12,15-16,18-19,33H,6-11,13-14H2,1-3H3,(H,28,35)(H,29,34)/t18-,19+/m1/s1. The molecule has 1 aromatic heterocycles. The quantitative estimate of drug-likeness (QED) is 0.477. The minimum absolute atomic E-state index is 0.00270. The number of hydrogen-bond acceptors (Lipinski definition) is 8. The Morgan fingerprint density at radius 3 is 2.67 bits per heavy atom. The van der Waals surface area contributed by atoms with Crippen LogP contribution >= 0.6 is 0 Å². The topological polar surface area (TPSA) is 159 Å². The van der Waals surface area contributed by atoms with Crippen LogP contribution in [0.15, 0.2) is 29.4 Å². The fourth-order valence-electron chi connectivity index (χ4n) is 5.56. The number of aryl methyl sites for hydroxylation is 1. The van der Waals surface area contributed by atoms with Crippen LogP contribution in [0.5, 0.6) is 5.75 Å². The average Bonchev–Trinajstić information content (AvgIpc) is 3.49. The first-order chi connectivity index (χ1) is 18.5. The Labute approximate surface area is 227 Å². The van der Waals surface area contributed by atoms with Crippen molar-refractivity contribution in [1.82, 2.24) is 34.6 Å². The number of sulfonamides is 1. The smallest absolute Gasteiger partial charge is 0.317 e. The molecule has 13 nitrogen and oxygen atoms in total. The SMILES string of the molecule is CC(C)NC(=O)N1CCC2(CCOc3cc(-c4ncnn4C)ccc3S(=O)(=O)N3C[C@H](O)C[C@H]3C(=O)N2)CC1. The average molecular weight is 562 g/mol. The Bertz CT molecular complexity index is 1350. The van der Waals surface area contributed by atoms with Gasteiger partial charge in [-0.3, -0.25) is 4.79 Å². The van der Waals surface area contributed by atoms with Gasteiger partial charge in [-0.25, -0.2) is 22.9 Å². The Hall–Kier alpha value is -3.23. The number of benzene rings is 1. The van der Waals surface area contributed by atoms with Gasteiger partial charge in [0.2, 0.25) is 15.9 Å². The summed E-state index contributed by atoms with van der Waals surface area (Å²) >= 11 is 0. The Morgan fingerprint density at radius 1 is 1.26 bits per heavy atom. The van der Waals surface area contributed by atoms with E-state index in [1.165, 1.54) is 12.4 Å². The van der Waals surface area contributed by atoms with E-state index in [0.29, 0.717) is 43.7 Å². The molecule has 1 aromatic carbocycles. The van der Waals surface area contributed by atoms with E-state index in [9.17, 15) is 23.1 Å². The summed E-state index contributed by atoms with van der Waals surface area (Å²) in [5.74, 6) is 0.242. The predicted octanol–water partition coefficient (Wildman–Crippen LogP) is 0.457. The lowest BCUT2D eigenvalue weighted by atomic mass is 9.84. The van der Waals surface area contributed by atoms with Crippen molar-refractivity contribution < 1.29 is 27.9 Å². The van der Waals surface area contributed by atoms with Crippen molar-refractivity contribution in [2.24, 2.45) is 7.05 Å². The van der Waals surface area contributed by atoms with E-state index < -0.39 is 33.6 Å². The van der Waals surface area contributed by atoms with Crippen molar-refractivity contribution in [3.05, 3.63) is 24.5 Å². The monoisotopic (exact) mass is 561 g/mol. The summed E-state index contributed by atoms with van der Waals surface area (Å²) in [4.78, 5) is 32.0. The van der Waals surface area contributed by atoms with Crippen LogP contribution in [0.1, 0.15) is 39.5 Å². The van der Waals surface area contributed by atoms with Gasteiger partial charge in [0.25, 0.3) is 0 Å². The molecule has 212 valence electrons. The van der Waals surface area contributed by atoms with Gasteiger partial charge in [-0.2, -0.15) is 9.40 Å². The minimum Gasteiger partial charge on any atom is -0.492 e. The number of urea groups is 1. The molecule has 0 saturated carbocycles. The normalized spacial score (nSPS) is 24.8. The lowest BCUT2D eigenvalue weighted by Gasteiger charge is -2.43. The van der Waals surface area contributed by atoms with Crippen LogP contribution in [-0.2, 0) is 21.9 Å². The van der Waals surface area contributed by atoms with E-state index in [0.717, 1.165) is 4.31 Å². The number of fused-ring (bicyclic) bond motifs is 2.